The second-order valence-corrected chi connectivity index (χ2v) is 9.53. The lowest BCUT2D eigenvalue weighted by Crippen LogP contribution is -2.38. The van der Waals surface area contributed by atoms with Crippen LogP contribution in [0.3, 0.4) is 0 Å². The Morgan fingerprint density at radius 1 is 1.13 bits per heavy atom. The third-order valence-electron chi connectivity index (χ3n) is 7.40. The molecule has 0 radical (unpaired) electrons. The van der Waals surface area contributed by atoms with Gasteiger partial charge in [0.1, 0.15) is 0 Å². The molecule has 170 valence electrons. The number of amides is 1. The summed E-state index contributed by atoms with van der Waals surface area (Å²) in [5, 5.41) is 3.26. The number of nitrogens with zero attached hydrogens (tertiary/aromatic N) is 4. The van der Waals surface area contributed by atoms with E-state index in [4.69, 9.17) is 4.98 Å². The van der Waals surface area contributed by atoms with Gasteiger partial charge in [0.05, 0.1) is 17.4 Å². The number of piperidine rings is 1. The average Bonchev–Trinajstić information content (AvgIpc) is 3.41. The van der Waals surface area contributed by atoms with Crippen molar-refractivity contribution >= 4 is 11.6 Å². The minimum atomic E-state index is -0.0617. The molecule has 31 heavy (non-hydrogen) atoms. The molecule has 4 heterocycles. The van der Waals surface area contributed by atoms with Gasteiger partial charge in [0, 0.05) is 36.6 Å². The van der Waals surface area contributed by atoms with E-state index in [1.165, 1.54) is 0 Å². The molecular weight excluding hydrogens is 390 g/mol. The summed E-state index contributed by atoms with van der Waals surface area (Å²) >= 11 is 0. The van der Waals surface area contributed by atoms with E-state index in [1.54, 1.807) is 10.6 Å². The number of carbonyl (C=O) groups is 1. The maximum atomic E-state index is 13.0. The summed E-state index contributed by atoms with van der Waals surface area (Å²) in [7, 11) is 0. The van der Waals surface area contributed by atoms with Crippen LogP contribution in [0.5, 0.6) is 0 Å². The summed E-state index contributed by atoms with van der Waals surface area (Å²) in [6, 6.07) is 4.25. The molecule has 2 fully saturated rings. The van der Waals surface area contributed by atoms with Crippen molar-refractivity contribution in [1.29, 1.82) is 0 Å². The molecule has 4 rings (SSSR count). The molecule has 7 heteroatoms. The largest absolute Gasteiger partial charge is 0.334 e. The summed E-state index contributed by atoms with van der Waals surface area (Å²) in [4.78, 5) is 35.3. The second kappa shape index (κ2) is 9.15. The Labute approximate surface area is 184 Å². The normalized spacial score (nSPS) is 21.1. The van der Waals surface area contributed by atoms with Crippen LogP contribution in [0.1, 0.15) is 89.6 Å². The van der Waals surface area contributed by atoms with Gasteiger partial charge in [-0.05, 0) is 65.5 Å². The number of hydrogen-bond acceptors (Lipinski definition) is 4. The fourth-order valence-electron chi connectivity index (χ4n) is 5.35. The number of likely N-dealkylation sites (tertiary alicyclic amines) is 2. The van der Waals surface area contributed by atoms with Crippen molar-refractivity contribution in [3.8, 4) is 0 Å². The van der Waals surface area contributed by atoms with Crippen LogP contribution in [0, 0.1) is 5.92 Å². The summed E-state index contributed by atoms with van der Waals surface area (Å²) in [5.41, 5.74) is 2.45. The van der Waals surface area contributed by atoms with E-state index < -0.39 is 0 Å². The molecule has 0 saturated carbocycles. The molecule has 2 aliphatic rings. The first-order chi connectivity index (χ1) is 14.9. The summed E-state index contributed by atoms with van der Waals surface area (Å²) < 4.78 is 1.54. The minimum absolute atomic E-state index is 0.00642. The molecule has 1 N–H and O–H groups in total. The van der Waals surface area contributed by atoms with E-state index in [9.17, 15) is 9.59 Å². The van der Waals surface area contributed by atoms with Gasteiger partial charge in [0.25, 0.3) is 5.56 Å². The first kappa shape index (κ1) is 22.1. The van der Waals surface area contributed by atoms with Crippen molar-refractivity contribution in [2.45, 2.75) is 84.2 Å². The number of fused-ring (bicyclic) bond motifs is 1. The van der Waals surface area contributed by atoms with Gasteiger partial charge in [0.15, 0.2) is 5.65 Å². The molecule has 1 amide bonds. The molecule has 0 bridgehead atoms. The van der Waals surface area contributed by atoms with Gasteiger partial charge in [0.2, 0.25) is 5.91 Å². The van der Waals surface area contributed by atoms with Crippen molar-refractivity contribution in [1.82, 2.24) is 24.4 Å². The van der Waals surface area contributed by atoms with Crippen molar-refractivity contribution < 1.29 is 4.79 Å². The van der Waals surface area contributed by atoms with E-state index in [-0.39, 0.29) is 23.4 Å². The van der Waals surface area contributed by atoms with Crippen LogP contribution < -0.4 is 5.56 Å². The maximum absolute atomic E-state index is 13.0. The Hall–Kier alpha value is -2.15. The fraction of sp³-hybridized carbons (Fsp3) is 0.708. The first-order valence-corrected chi connectivity index (χ1v) is 12.1. The van der Waals surface area contributed by atoms with Gasteiger partial charge < -0.3 is 9.80 Å². The van der Waals surface area contributed by atoms with Gasteiger partial charge in [-0.25, -0.2) is 9.50 Å². The zero-order valence-electron chi connectivity index (χ0n) is 19.4. The molecule has 7 nitrogen and oxygen atoms in total. The number of nitrogens with one attached hydrogen (secondary N) is 1. The molecule has 2 saturated heterocycles. The van der Waals surface area contributed by atoms with Gasteiger partial charge in [-0.15, -0.1) is 0 Å². The van der Waals surface area contributed by atoms with Crippen LogP contribution in [-0.4, -0.2) is 56.0 Å². The number of rotatable bonds is 6. The molecule has 0 aliphatic carbocycles. The maximum Gasteiger partial charge on any atom is 0.272 e. The zero-order chi connectivity index (χ0) is 22.1. The van der Waals surface area contributed by atoms with Crippen molar-refractivity contribution in [3.05, 3.63) is 33.9 Å². The standard InChI is InChI=1S/C24H37N5O2/c1-5-17(6-2)24(31)28-11-7-8-21(28)20-14-22-25-19(15-23(30)29(22)26-20)18-9-12-27(13-10-18)16(3)4/h14-18,21,26H,5-13H2,1-4H3/t21-/m0/s1. The minimum Gasteiger partial charge on any atom is -0.334 e. The Bertz CT molecular complexity index is 966. The van der Waals surface area contributed by atoms with E-state index in [0.29, 0.717) is 17.6 Å². The lowest BCUT2D eigenvalue weighted by atomic mass is 9.92. The van der Waals surface area contributed by atoms with Crippen LogP contribution in [-0.2, 0) is 4.79 Å². The molecule has 1 atom stereocenters. The molecular formula is C24H37N5O2. The molecule has 2 aromatic rings. The van der Waals surface area contributed by atoms with Gasteiger partial charge in [-0.3, -0.25) is 14.7 Å². The number of hydrogen-bond donors (Lipinski definition) is 1. The van der Waals surface area contributed by atoms with Crippen molar-refractivity contribution in [2.24, 2.45) is 5.92 Å². The molecule has 0 spiro atoms. The average molecular weight is 428 g/mol. The van der Waals surface area contributed by atoms with E-state index >= 15 is 0 Å². The van der Waals surface area contributed by atoms with Crippen molar-refractivity contribution in [2.75, 3.05) is 19.6 Å². The highest BCUT2D eigenvalue weighted by molar-refractivity contribution is 5.79. The zero-order valence-corrected chi connectivity index (χ0v) is 19.4. The SMILES string of the molecule is CCC(CC)C(=O)N1CCC[C@H]1c1cc2nc(C3CCN(C(C)C)CC3)cc(=O)n2[nH]1. The molecule has 2 aromatic heterocycles. The topological polar surface area (TPSA) is 73.7 Å². The predicted octanol–water partition coefficient (Wildman–Crippen LogP) is 3.71. The Balaban J connectivity index is 1.58. The summed E-state index contributed by atoms with van der Waals surface area (Å²) in [6.07, 6.45) is 5.73. The van der Waals surface area contributed by atoms with Gasteiger partial charge >= 0.3 is 0 Å². The smallest absolute Gasteiger partial charge is 0.272 e. The Morgan fingerprint density at radius 3 is 2.48 bits per heavy atom. The highest BCUT2D eigenvalue weighted by Gasteiger charge is 2.34. The summed E-state index contributed by atoms with van der Waals surface area (Å²) in [6.45, 7) is 11.5. The third kappa shape index (κ3) is 4.29. The third-order valence-corrected chi connectivity index (χ3v) is 7.40. The number of H-pyrrole nitrogens is 1. The molecule has 0 unspecified atom stereocenters. The van der Waals surface area contributed by atoms with Crippen LogP contribution >= 0.6 is 0 Å². The lowest BCUT2D eigenvalue weighted by Gasteiger charge is -2.34. The molecule has 0 aromatic carbocycles. The van der Waals surface area contributed by atoms with E-state index in [2.05, 4.69) is 37.7 Å². The number of carbonyl (C=O) groups excluding carboxylic acids is 1. The first-order valence-electron chi connectivity index (χ1n) is 12.1. The van der Waals surface area contributed by atoms with Gasteiger partial charge in [-0.2, -0.15) is 0 Å². The quantitative estimate of drug-likeness (QED) is 0.763. The number of aromatic nitrogens is 3. The number of aromatic amines is 1. The van der Waals surface area contributed by atoms with Crippen LogP contribution in [0.15, 0.2) is 16.9 Å². The Kier molecular flexibility index (Phi) is 6.51. The highest BCUT2D eigenvalue weighted by atomic mass is 16.2. The fourth-order valence-corrected chi connectivity index (χ4v) is 5.35. The summed E-state index contributed by atoms with van der Waals surface area (Å²) in [5.74, 6) is 0.656. The monoisotopic (exact) mass is 427 g/mol. The van der Waals surface area contributed by atoms with E-state index in [1.807, 2.05) is 11.0 Å². The highest BCUT2D eigenvalue weighted by Crippen LogP contribution is 2.34. The van der Waals surface area contributed by atoms with Crippen LogP contribution in [0.2, 0.25) is 0 Å². The van der Waals surface area contributed by atoms with Crippen LogP contribution in [0.25, 0.3) is 5.65 Å². The van der Waals surface area contributed by atoms with Gasteiger partial charge in [-0.1, -0.05) is 13.8 Å². The Morgan fingerprint density at radius 2 is 1.84 bits per heavy atom. The predicted molar refractivity (Wildman–Crippen MR) is 122 cm³/mol. The lowest BCUT2D eigenvalue weighted by molar-refractivity contribution is -0.136. The van der Waals surface area contributed by atoms with Crippen LogP contribution in [0.4, 0.5) is 0 Å². The second-order valence-electron chi connectivity index (χ2n) is 9.53. The van der Waals surface area contributed by atoms with Crippen molar-refractivity contribution in [3.63, 3.8) is 0 Å². The molecule has 2 aliphatic heterocycles. The van der Waals surface area contributed by atoms with E-state index in [0.717, 1.165) is 69.5 Å².